The van der Waals surface area contributed by atoms with Crippen LogP contribution in [0.25, 0.3) is 0 Å². The molecule has 0 unspecified atom stereocenters. The number of guanidine groups is 1. The molecular formula is C14H18N4O. The molecule has 0 atom stereocenters. The fourth-order valence-electron chi connectivity index (χ4n) is 2.57. The van der Waals surface area contributed by atoms with Gasteiger partial charge in [-0.3, -0.25) is 4.79 Å². The van der Waals surface area contributed by atoms with Crippen LogP contribution in [0, 0.1) is 0 Å². The fraction of sp³-hybridized carbons (Fsp3) is 0.429. The van der Waals surface area contributed by atoms with E-state index in [-0.39, 0.29) is 18.5 Å². The summed E-state index contributed by atoms with van der Waals surface area (Å²) in [6, 6.07) is 9.97. The zero-order chi connectivity index (χ0) is 13.2. The van der Waals surface area contributed by atoms with Crippen LogP contribution in [0.3, 0.4) is 0 Å². The molecule has 1 saturated heterocycles. The lowest BCUT2D eigenvalue weighted by Gasteiger charge is -2.34. The Balaban J connectivity index is 1.83. The quantitative estimate of drug-likeness (QED) is 0.811. The number of likely N-dealkylation sites (tertiary alicyclic amines) is 1. The summed E-state index contributed by atoms with van der Waals surface area (Å²) in [4.78, 5) is 20.3. The van der Waals surface area contributed by atoms with Crippen LogP contribution in [0.15, 0.2) is 35.3 Å². The molecule has 1 aromatic carbocycles. The van der Waals surface area contributed by atoms with Crippen molar-refractivity contribution in [1.29, 1.82) is 0 Å². The second-order valence-corrected chi connectivity index (χ2v) is 5.01. The molecule has 2 aliphatic rings. The Morgan fingerprint density at radius 1 is 1.16 bits per heavy atom. The zero-order valence-corrected chi connectivity index (χ0v) is 10.8. The van der Waals surface area contributed by atoms with E-state index in [0.29, 0.717) is 0 Å². The highest BCUT2D eigenvalue weighted by Crippen LogP contribution is 2.21. The van der Waals surface area contributed by atoms with Gasteiger partial charge < -0.3 is 10.6 Å². The number of carbonyl (C=O) groups excluding carboxylic acids is 1. The van der Waals surface area contributed by atoms with E-state index in [2.05, 4.69) is 9.89 Å². The molecule has 2 aliphatic heterocycles. The Bertz CT molecular complexity index is 491. The first kappa shape index (κ1) is 12.2. The molecule has 2 N–H and O–H groups in total. The van der Waals surface area contributed by atoms with Crippen molar-refractivity contribution in [3.63, 3.8) is 0 Å². The molecule has 19 heavy (non-hydrogen) atoms. The maximum Gasteiger partial charge on any atom is 0.255 e. The number of nitrogens with two attached hydrogens (primary N) is 1. The van der Waals surface area contributed by atoms with Crippen LogP contribution in [0.4, 0.5) is 5.69 Å². The molecule has 0 saturated carbocycles. The highest BCUT2D eigenvalue weighted by atomic mass is 16.2. The predicted octanol–water partition coefficient (Wildman–Crippen LogP) is 0.812. The normalized spacial score (nSPS) is 20.9. The van der Waals surface area contributed by atoms with Crippen LogP contribution in [0.2, 0.25) is 0 Å². The van der Waals surface area contributed by atoms with Gasteiger partial charge in [0.05, 0.1) is 5.69 Å². The Morgan fingerprint density at radius 3 is 2.53 bits per heavy atom. The lowest BCUT2D eigenvalue weighted by molar-refractivity contribution is -0.115. The minimum atomic E-state index is 0.0380. The zero-order valence-electron chi connectivity index (χ0n) is 10.8. The monoisotopic (exact) mass is 258 g/mol. The van der Waals surface area contributed by atoms with Gasteiger partial charge in [-0.1, -0.05) is 18.2 Å². The highest BCUT2D eigenvalue weighted by Gasteiger charge is 2.32. The number of aliphatic imine (C=N–C) groups is 1. The summed E-state index contributed by atoms with van der Waals surface area (Å²) in [5, 5.41) is 0. The van der Waals surface area contributed by atoms with Gasteiger partial charge in [0.25, 0.3) is 5.91 Å². The van der Waals surface area contributed by atoms with Crippen molar-refractivity contribution in [1.82, 2.24) is 4.90 Å². The highest BCUT2D eigenvalue weighted by molar-refractivity contribution is 6.20. The van der Waals surface area contributed by atoms with Gasteiger partial charge in [-0.15, -0.1) is 0 Å². The van der Waals surface area contributed by atoms with E-state index in [4.69, 9.17) is 5.73 Å². The molecular weight excluding hydrogens is 240 g/mol. The van der Waals surface area contributed by atoms with Crippen molar-refractivity contribution in [3.8, 4) is 0 Å². The molecule has 0 bridgehead atoms. The average molecular weight is 258 g/mol. The average Bonchev–Trinajstić information content (AvgIpc) is 2.82. The number of benzene rings is 1. The summed E-state index contributed by atoms with van der Waals surface area (Å²) in [5.74, 6) is 0.819. The molecule has 5 nitrogen and oxygen atoms in total. The van der Waals surface area contributed by atoms with Crippen molar-refractivity contribution < 1.29 is 4.79 Å². The molecule has 0 aliphatic carbocycles. The van der Waals surface area contributed by atoms with E-state index in [1.807, 2.05) is 30.3 Å². The van der Waals surface area contributed by atoms with Gasteiger partial charge in [-0.2, -0.15) is 0 Å². The topological polar surface area (TPSA) is 61.9 Å². The predicted molar refractivity (Wildman–Crippen MR) is 75.0 cm³/mol. The number of nitrogens with zero attached hydrogens (tertiary/aromatic N) is 3. The van der Waals surface area contributed by atoms with E-state index >= 15 is 0 Å². The summed E-state index contributed by atoms with van der Waals surface area (Å²) < 4.78 is 0. The number of rotatable bonds is 1. The van der Waals surface area contributed by atoms with E-state index < -0.39 is 0 Å². The van der Waals surface area contributed by atoms with Gasteiger partial charge in [-0.25, -0.2) is 9.89 Å². The molecule has 3 rings (SSSR count). The Kier molecular flexibility index (Phi) is 3.21. The molecule has 0 aromatic heterocycles. The molecule has 5 heteroatoms. The number of piperidine rings is 1. The number of anilines is 1. The minimum absolute atomic E-state index is 0.0380. The molecule has 1 amide bonds. The third-order valence-electron chi connectivity index (χ3n) is 3.64. The molecule has 0 radical (unpaired) electrons. The molecule has 0 spiro atoms. The van der Waals surface area contributed by atoms with Crippen LogP contribution >= 0.6 is 0 Å². The van der Waals surface area contributed by atoms with E-state index in [0.717, 1.165) is 37.6 Å². The molecule has 100 valence electrons. The van der Waals surface area contributed by atoms with E-state index in [1.54, 1.807) is 4.90 Å². The third-order valence-corrected chi connectivity index (χ3v) is 3.64. The molecule has 1 fully saturated rings. The summed E-state index contributed by atoms with van der Waals surface area (Å²) in [7, 11) is 0. The first-order valence-electron chi connectivity index (χ1n) is 6.68. The fourth-order valence-corrected chi connectivity index (χ4v) is 2.57. The van der Waals surface area contributed by atoms with Crippen LogP contribution in [0.5, 0.6) is 0 Å². The van der Waals surface area contributed by atoms with Crippen molar-refractivity contribution in [2.45, 2.75) is 18.9 Å². The lowest BCUT2D eigenvalue weighted by atomic mass is 10.1. The van der Waals surface area contributed by atoms with Gasteiger partial charge in [0, 0.05) is 19.1 Å². The van der Waals surface area contributed by atoms with Gasteiger partial charge in [0.15, 0.2) is 0 Å². The summed E-state index contributed by atoms with van der Waals surface area (Å²) in [6.07, 6.45) is 1.91. The van der Waals surface area contributed by atoms with Crippen LogP contribution < -0.4 is 10.6 Å². The molecule has 2 heterocycles. The SMILES string of the molecule is NC1CCN(C2=NCC(=O)N2c2ccccc2)CC1. The summed E-state index contributed by atoms with van der Waals surface area (Å²) >= 11 is 0. The second kappa shape index (κ2) is 5.01. The van der Waals surface area contributed by atoms with Crippen LogP contribution in [0.1, 0.15) is 12.8 Å². The summed E-state index contributed by atoms with van der Waals surface area (Å²) in [5.41, 5.74) is 6.81. The number of hydrogen-bond acceptors (Lipinski definition) is 4. The van der Waals surface area contributed by atoms with Gasteiger partial charge in [0.2, 0.25) is 5.96 Å². The smallest absolute Gasteiger partial charge is 0.255 e. The number of hydrogen-bond donors (Lipinski definition) is 1. The maximum absolute atomic E-state index is 12.1. The van der Waals surface area contributed by atoms with Crippen molar-refractivity contribution in [2.24, 2.45) is 10.7 Å². The Morgan fingerprint density at radius 2 is 1.84 bits per heavy atom. The largest absolute Gasteiger partial charge is 0.342 e. The second-order valence-electron chi connectivity index (χ2n) is 5.01. The van der Waals surface area contributed by atoms with Crippen molar-refractivity contribution in [2.75, 3.05) is 24.5 Å². The Labute approximate surface area is 112 Å². The molecule has 1 aromatic rings. The first-order valence-corrected chi connectivity index (χ1v) is 6.68. The lowest BCUT2D eigenvalue weighted by Crippen LogP contribution is -2.49. The number of carbonyl (C=O) groups is 1. The van der Waals surface area contributed by atoms with E-state index in [9.17, 15) is 4.79 Å². The van der Waals surface area contributed by atoms with E-state index in [1.165, 1.54) is 0 Å². The maximum atomic E-state index is 12.1. The third kappa shape index (κ3) is 2.33. The van der Waals surface area contributed by atoms with Gasteiger partial charge >= 0.3 is 0 Å². The summed E-state index contributed by atoms with van der Waals surface area (Å²) in [6.45, 7) is 1.99. The number of amides is 1. The Hall–Kier alpha value is -1.88. The van der Waals surface area contributed by atoms with Gasteiger partial charge in [0.1, 0.15) is 6.54 Å². The van der Waals surface area contributed by atoms with Crippen LogP contribution in [-0.2, 0) is 4.79 Å². The van der Waals surface area contributed by atoms with Crippen LogP contribution in [-0.4, -0.2) is 42.4 Å². The minimum Gasteiger partial charge on any atom is -0.342 e. The van der Waals surface area contributed by atoms with Crippen molar-refractivity contribution >= 4 is 17.6 Å². The standard InChI is InChI=1S/C14H18N4O/c15-11-6-8-17(9-7-11)14-16-10-13(19)18(14)12-4-2-1-3-5-12/h1-5,11H,6-10,15H2. The van der Waals surface area contributed by atoms with Crippen molar-refractivity contribution in [3.05, 3.63) is 30.3 Å². The van der Waals surface area contributed by atoms with Gasteiger partial charge in [-0.05, 0) is 25.0 Å². The number of para-hydroxylation sites is 1. The first-order chi connectivity index (χ1) is 9.25.